The highest BCUT2D eigenvalue weighted by atomic mass is 35.5. The Bertz CT molecular complexity index is 756. The van der Waals surface area contributed by atoms with Crippen LogP contribution in [0.3, 0.4) is 0 Å². The molecule has 6 heteroatoms. The fourth-order valence-electron chi connectivity index (χ4n) is 1.72. The standard InChI is InChI=1S/C17H14Cl2N2O2/c1-11-2-3-12(10-15(11)19)4-9-16(22)20-21-17(23)13-5-7-14(18)8-6-13/h2-10H,1H3,(H,20,22)(H,21,23)/b9-4+. The normalized spacial score (nSPS) is 10.6. The van der Waals surface area contributed by atoms with Gasteiger partial charge >= 0.3 is 0 Å². The molecule has 2 rings (SSSR count). The molecular formula is C17H14Cl2N2O2. The lowest BCUT2D eigenvalue weighted by atomic mass is 10.1. The van der Waals surface area contributed by atoms with Crippen molar-refractivity contribution in [1.82, 2.24) is 10.9 Å². The number of hydrogen-bond donors (Lipinski definition) is 2. The van der Waals surface area contributed by atoms with Gasteiger partial charge in [-0.15, -0.1) is 0 Å². The predicted molar refractivity (Wildman–Crippen MR) is 92.3 cm³/mol. The molecular weight excluding hydrogens is 335 g/mol. The summed E-state index contributed by atoms with van der Waals surface area (Å²) in [6.45, 7) is 1.90. The smallest absolute Gasteiger partial charge is 0.268 e. The molecule has 4 nitrogen and oxygen atoms in total. The topological polar surface area (TPSA) is 58.2 Å². The van der Waals surface area contributed by atoms with Gasteiger partial charge in [0.2, 0.25) is 0 Å². The average Bonchev–Trinajstić information content (AvgIpc) is 2.54. The summed E-state index contributed by atoms with van der Waals surface area (Å²) in [5, 5.41) is 1.16. The SMILES string of the molecule is Cc1ccc(/C=C/C(=O)NNC(=O)c2ccc(Cl)cc2)cc1Cl. The molecule has 0 fully saturated rings. The molecule has 0 aliphatic heterocycles. The molecule has 2 N–H and O–H groups in total. The Kier molecular flexibility index (Phi) is 5.79. The average molecular weight is 349 g/mol. The third-order valence-electron chi connectivity index (χ3n) is 3.03. The molecule has 118 valence electrons. The van der Waals surface area contributed by atoms with E-state index in [1.807, 2.05) is 19.1 Å². The summed E-state index contributed by atoms with van der Waals surface area (Å²) in [4.78, 5) is 23.5. The summed E-state index contributed by atoms with van der Waals surface area (Å²) < 4.78 is 0. The minimum absolute atomic E-state index is 0.393. The van der Waals surface area contributed by atoms with E-state index in [4.69, 9.17) is 23.2 Å². The lowest BCUT2D eigenvalue weighted by Crippen LogP contribution is -2.40. The molecule has 0 aromatic heterocycles. The molecule has 0 unspecified atom stereocenters. The Morgan fingerprint density at radius 2 is 1.70 bits per heavy atom. The molecule has 2 aromatic rings. The summed E-state index contributed by atoms with van der Waals surface area (Å²) >= 11 is 11.8. The first-order chi connectivity index (χ1) is 11.0. The van der Waals surface area contributed by atoms with Crippen molar-refractivity contribution < 1.29 is 9.59 Å². The van der Waals surface area contributed by atoms with E-state index in [0.29, 0.717) is 15.6 Å². The molecule has 0 aliphatic rings. The minimum atomic E-state index is -0.455. The zero-order valence-electron chi connectivity index (χ0n) is 12.3. The van der Waals surface area contributed by atoms with Crippen LogP contribution in [-0.4, -0.2) is 11.8 Å². The van der Waals surface area contributed by atoms with Crippen LogP contribution in [0.5, 0.6) is 0 Å². The van der Waals surface area contributed by atoms with E-state index in [2.05, 4.69) is 10.9 Å². The monoisotopic (exact) mass is 348 g/mol. The van der Waals surface area contributed by atoms with Gasteiger partial charge in [-0.3, -0.25) is 20.4 Å². The molecule has 2 amide bonds. The number of carbonyl (C=O) groups excluding carboxylic acids is 2. The molecule has 0 saturated carbocycles. The first-order valence-corrected chi connectivity index (χ1v) is 7.51. The third kappa shape index (κ3) is 5.13. The van der Waals surface area contributed by atoms with Gasteiger partial charge in [0.25, 0.3) is 11.8 Å². The Labute approximate surface area is 144 Å². The molecule has 0 radical (unpaired) electrons. The van der Waals surface area contributed by atoms with Crippen LogP contribution in [0.4, 0.5) is 0 Å². The van der Waals surface area contributed by atoms with E-state index >= 15 is 0 Å². The van der Waals surface area contributed by atoms with Crippen molar-refractivity contribution in [3.63, 3.8) is 0 Å². The summed E-state index contributed by atoms with van der Waals surface area (Å²) in [5.41, 5.74) is 6.76. The van der Waals surface area contributed by atoms with Gasteiger partial charge in [-0.25, -0.2) is 0 Å². The minimum Gasteiger partial charge on any atom is -0.268 e. The highest BCUT2D eigenvalue weighted by Crippen LogP contribution is 2.17. The summed E-state index contributed by atoms with van der Waals surface area (Å²) in [5.74, 6) is -0.884. The number of amides is 2. The van der Waals surface area contributed by atoms with Crippen LogP contribution in [0.25, 0.3) is 6.08 Å². The Morgan fingerprint density at radius 1 is 1.00 bits per heavy atom. The summed E-state index contributed by atoms with van der Waals surface area (Å²) in [6, 6.07) is 11.8. The number of aryl methyl sites for hydroxylation is 1. The van der Waals surface area contributed by atoms with Crippen molar-refractivity contribution in [2.24, 2.45) is 0 Å². The van der Waals surface area contributed by atoms with Crippen molar-refractivity contribution >= 4 is 41.1 Å². The Hall–Kier alpha value is -2.30. The first-order valence-electron chi connectivity index (χ1n) is 6.76. The van der Waals surface area contributed by atoms with Crippen molar-refractivity contribution in [3.05, 3.63) is 75.3 Å². The zero-order valence-corrected chi connectivity index (χ0v) is 13.8. The second-order valence-electron chi connectivity index (χ2n) is 4.79. The highest BCUT2D eigenvalue weighted by molar-refractivity contribution is 6.31. The van der Waals surface area contributed by atoms with Crippen molar-refractivity contribution in [2.45, 2.75) is 6.92 Å². The maximum absolute atomic E-state index is 11.8. The first kappa shape index (κ1) is 17.1. The van der Waals surface area contributed by atoms with Gasteiger partial charge in [-0.2, -0.15) is 0 Å². The number of hydrazine groups is 1. The maximum atomic E-state index is 11.8. The van der Waals surface area contributed by atoms with Gasteiger partial charge < -0.3 is 0 Å². The molecule has 23 heavy (non-hydrogen) atoms. The molecule has 2 aromatic carbocycles. The van der Waals surface area contributed by atoms with Gasteiger partial charge in [0, 0.05) is 21.7 Å². The maximum Gasteiger partial charge on any atom is 0.269 e. The van der Waals surface area contributed by atoms with E-state index in [-0.39, 0.29) is 0 Å². The van der Waals surface area contributed by atoms with Crippen LogP contribution in [0.15, 0.2) is 48.5 Å². The number of halogens is 2. The number of nitrogens with one attached hydrogen (secondary N) is 2. The summed E-state index contributed by atoms with van der Waals surface area (Å²) in [7, 11) is 0. The Balaban J connectivity index is 1.89. The van der Waals surface area contributed by atoms with Crippen molar-refractivity contribution in [3.8, 4) is 0 Å². The fourth-order valence-corrected chi connectivity index (χ4v) is 2.03. The van der Waals surface area contributed by atoms with Crippen LogP contribution in [0.2, 0.25) is 10.0 Å². The van der Waals surface area contributed by atoms with E-state index in [9.17, 15) is 9.59 Å². The second-order valence-corrected chi connectivity index (χ2v) is 5.64. The highest BCUT2D eigenvalue weighted by Gasteiger charge is 2.05. The van der Waals surface area contributed by atoms with Crippen LogP contribution in [-0.2, 0) is 4.79 Å². The second kappa shape index (κ2) is 7.81. The Morgan fingerprint density at radius 3 is 2.35 bits per heavy atom. The lowest BCUT2D eigenvalue weighted by Gasteiger charge is -2.05. The van der Waals surface area contributed by atoms with Gasteiger partial charge in [0.15, 0.2) is 0 Å². The molecule has 0 spiro atoms. The predicted octanol–water partition coefficient (Wildman–Crippen LogP) is 3.78. The van der Waals surface area contributed by atoms with Gasteiger partial charge in [0.05, 0.1) is 0 Å². The summed E-state index contributed by atoms with van der Waals surface area (Å²) in [6.07, 6.45) is 2.91. The van der Waals surface area contributed by atoms with Crippen LogP contribution >= 0.6 is 23.2 Å². The molecule has 0 bridgehead atoms. The van der Waals surface area contributed by atoms with E-state index in [0.717, 1.165) is 11.1 Å². The molecule has 0 heterocycles. The number of hydrogen-bond acceptors (Lipinski definition) is 2. The lowest BCUT2D eigenvalue weighted by molar-refractivity contribution is -0.117. The quantitative estimate of drug-likeness (QED) is 0.655. The third-order valence-corrected chi connectivity index (χ3v) is 3.69. The van der Waals surface area contributed by atoms with Crippen molar-refractivity contribution in [2.75, 3.05) is 0 Å². The largest absolute Gasteiger partial charge is 0.269 e. The molecule has 0 atom stereocenters. The zero-order chi connectivity index (χ0) is 16.8. The van der Waals surface area contributed by atoms with Gasteiger partial charge in [-0.1, -0.05) is 35.3 Å². The van der Waals surface area contributed by atoms with Crippen LogP contribution < -0.4 is 10.9 Å². The van der Waals surface area contributed by atoms with Gasteiger partial charge in [0.1, 0.15) is 0 Å². The van der Waals surface area contributed by atoms with Crippen molar-refractivity contribution in [1.29, 1.82) is 0 Å². The fraction of sp³-hybridized carbons (Fsp3) is 0.0588. The van der Waals surface area contributed by atoms with Crippen LogP contribution in [0.1, 0.15) is 21.5 Å². The van der Waals surface area contributed by atoms with E-state index < -0.39 is 11.8 Å². The van der Waals surface area contributed by atoms with Crippen LogP contribution in [0, 0.1) is 6.92 Å². The number of carbonyl (C=O) groups is 2. The van der Waals surface area contributed by atoms with E-state index in [1.165, 1.54) is 6.08 Å². The van der Waals surface area contributed by atoms with E-state index in [1.54, 1.807) is 36.4 Å². The number of rotatable bonds is 3. The molecule has 0 saturated heterocycles. The van der Waals surface area contributed by atoms with Gasteiger partial charge in [-0.05, 0) is 54.5 Å². The number of benzene rings is 2. The molecule has 0 aliphatic carbocycles.